The Morgan fingerprint density at radius 1 is 1.23 bits per heavy atom. The van der Waals surface area contributed by atoms with E-state index < -0.39 is 5.69 Å². The van der Waals surface area contributed by atoms with Crippen molar-refractivity contribution in [2.75, 3.05) is 26.2 Å². The molecule has 0 bridgehead atoms. The molecule has 1 saturated heterocycles. The highest BCUT2D eigenvalue weighted by molar-refractivity contribution is 5.77. The molecule has 1 aliphatic carbocycles. The van der Waals surface area contributed by atoms with Gasteiger partial charge in [-0.25, -0.2) is 4.79 Å². The number of H-pyrrole nitrogens is 1. The predicted molar refractivity (Wildman–Crippen MR) is 100 cm³/mol. The molecule has 0 aromatic carbocycles. The molecule has 7 nitrogen and oxygen atoms in total. The molecule has 0 unspecified atom stereocenters. The summed E-state index contributed by atoms with van der Waals surface area (Å²) in [6.45, 7) is 7.55. The lowest BCUT2D eigenvalue weighted by Crippen LogP contribution is -2.47. The maximum absolute atomic E-state index is 12.7. The van der Waals surface area contributed by atoms with Gasteiger partial charge in [-0.2, -0.15) is 0 Å². The first-order chi connectivity index (χ1) is 12.4. The summed E-state index contributed by atoms with van der Waals surface area (Å²) >= 11 is 0. The van der Waals surface area contributed by atoms with E-state index in [1.54, 1.807) is 0 Å². The van der Waals surface area contributed by atoms with E-state index in [-0.39, 0.29) is 17.5 Å². The quantitative estimate of drug-likeness (QED) is 0.803. The zero-order valence-corrected chi connectivity index (χ0v) is 16.0. The van der Waals surface area contributed by atoms with Gasteiger partial charge in [-0.15, -0.1) is 0 Å². The van der Waals surface area contributed by atoms with E-state index in [4.69, 9.17) is 0 Å². The van der Waals surface area contributed by atoms with Crippen LogP contribution in [-0.2, 0) is 18.3 Å². The summed E-state index contributed by atoms with van der Waals surface area (Å²) in [5.74, 6) is 1.35. The Morgan fingerprint density at radius 3 is 2.62 bits per heavy atom. The van der Waals surface area contributed by atoms with Gasteiger partial charge in [0.2, 0.25) is 5.91 Å². The van der Waals surface area contributed by atoms with Crippen LogP contribution in [0, 0.1) is 11.8 Å². The Morgan fingerprint density at radius 2 is 1.96 bits per heavy atom. The first-order valence-corrected chi connectivity index (χ1v) is 9.66. The van der Waals surface area contributed by atoms with Gasteiger partial charge < -0.3 is 14.8 Å². The molecular weight excluding hydrogens is 332 g/mol. The van der Waals surface area contributed by atoms with Crippen molar-refractivity contribution in [2.24, 2.45) is 18.9 Å². The molecule has 3 rings (SSSR count). The summed E-state index contributed by atoms with van der Waals surface area (Å²) in [7, 11) is 1.49. The molecule has 1 aromatic rings. The zero-order valence-electron chi connectivity index (χ0n) is 16.0. The van der Waals surface area contributed by atoms with E-state index in [2.05, 4.69) is 28.6 Å². The predicted octanol–water partition coefficient (Wildman–Crippen LogP) is 0.585. The largest absolute Gasteiger partial charge is 0.338 e. The van der Waals surface area contributed by atoms with Crippen LogP contribution in [0.3, 0.4) is 0 Å². The molecule has 2 aliphatic rings. The molecule has 1 saturated carbocycles. The lowest BCUT2D eigenvalue weighted by atomic mass is 10.0. The zero-order chi connectivity index (χ0) is 18.8. The fourth-order valence-corrected chi connectivity index (χ4v) is 3.70. The van der Waals surface area contributed by atoms with Crippen LogP contribution in [0.5, 0.6) is 0 Å². The minimum Gasteiger partial charge on any atom is -0.338 e. The number of nitrogens with zero attached hydrogens (tertiary/aromatic N) is 3. The van der Waals surface area contributed by atoms with E-state index in [1.165, 1.54) is 26.1 Å². The van der Waals surface area contributed by atoms with Crippen molar-refractivity contribution in [3.63, 3.8) is 0 Å². The van der Waals surface area contributed by atoms with Crippen molar-refractivity contribution in [1.29, 1.82) is 0 Å². The molecule has 26 heavy (non-hydrogen) atoms. The number of hydrogen-bond donors (Lipinski definition) is 1. The fraction of sp³-hybridized carbons (Fsp3) is 0.737. The number of hydrogen-bond acceptors (Lipinski definition) is 4. The molecule has 0 radical (unpaired) electrons. The maximum atomic E-state index is 12.7. The SMILES string of the molecule is CC(C)[C@H]1CN(CCc2c[nH]c(=O)n(C)c2=O)CCC(=O)N1CC1CC1. The van der Waals surface area contributed by atoms with Gasteiger partial charge in [0.05, 0.1) is 0 Å². The smallest absolute Gasteiger partial charge is 0.328 e. The molecule has 1 atom stereocenters. The van der Waals surface area contributed by atoms with Crippen LogP contribution in [0.25, 0.3) is 0 Å². The van der Waals surface area contributed by atoms with Crippen LogP contribution in [0.1, 0.15) is 38.7 Å². The Bertz CT molecular complexity index is 763. The molecule has 7 heteroatoms. The summed E-state index contributed by atoms with van der Waals surface area (Å²) in [6.07, 6.45) is 5.12. The molecule has 1 aliphatic heterocycles. The maximum Gasteiger partial charge on any atom is 0.328 e. The van der Waals surface area contributed by atoms with Gasteiger partial charge in [-0.1, -0.05) is 13.8 Å². The molecule has 144 valence electrons. The summed E-state index contributed by atoms with van der Waals surface area (Å²) in [5, 5.41) is 0. The van der Waals surface area contributed by atoms with E-state index in [9.17, 15) is 14.4 Å². The van der Waals surface area contributed by atoms with E-state index >= 15 is 0 Å². The second-order valence-corrected chi connectivity index (χ2v) is 8.08. The third-order valence-corrected chi connectivity index (χ3v) is 5.68. The minimum atomic E-state index is -0.394. The van der Waals surface area contributed by atoms with Gasteiger partial charge in [-0.3, -0.25) is 14.2 Å². The first-order valence-electron chi connectivity index (χ1n) is 9.66. The average molecular weight is 362 g/mol. The Balaban J connectivity index is 1.68. The minimum absolute atomic E-state index is 0.226. The normalized spacial score (nSPS) is 22.1. The van der Waals surface area contributed by atoms with Crippen LogP contribution in [-0.4, -0.2) is 57.5 Å². The summed E-state index contributed by atoms with van der Waals surface area (Å²) in [4.78, 5) is 43.3. The van der Waals surface area contributed by atoms with E-state index in [0.717, 1.165) is 30.7 Å². The lowest BCUT2D eigenvalue weighted by Gasteiger charge is -2.35. The number of aromatic amines is 1. The number of aromatic nitrogens is 2. The Kier molecular flexibility index (Phi) is 5.65. The van der Waals surface area contributed by atoms with Gasteiger partial charge in [0, 0.05) is 57.4 Å². The summed E-state index contributed by atoms with van der Waals surface area (Å²) in [6, 6.07) is 0.226. The highest BCUT2D eigenvalue weighted by Gasteiger charge is 2.35. The number of carbonyl (C=O) groups excluding carboxylic acids is 1. The van der Waals surface area contributed by atoms with Crippen molar-refractivity contribution in [3.05, 3.63) is 32.6 Å². The topological polar surface area (TPSA) is 78.4 Å². The van der Waals surface area contributed by atoms with Gasteiger partial charge in [0.25, 0.3) is 5.56 Å². The third-order valence-electron chi connectivity index (χ3n) is 5.68. The fourth-order valence-electron chi connectivity index (χ4n) is 3.70. The standard InChI is InChI=1S/C19H30N4O3/c1-13(2)16-12-22(9-7-17(24)23(16)11-14-4-5-14)8-6-15-10-20-19(26)21(3)18(15)25/h10,13-14,16H,4-9,11-12H2,1-3H3,(H,20,26)/t16-/m1/s1. The highest BCUT2D eigenvalue weighted by Crippen LogP contribution is 2.32. The van der Waals surface area contributed by atoms with Crippen LogP contribution in [0.2, 0.25) is 0 Å². The van der Waals surface area contributed by atoms with Crippen LogP contribution >= 0.6 is 0 Å². The molecule has 1 amide bonds. The molecule has 0 spiro atoms. The molecule has 1 N–H and O–H groups in total. The van der Waals surface area contributed by atoms with Crippen LogP contribution < -0.4 is 11.2 Å². The van der Waals surface area contributed by atoms with Crippen molar-refractivity contribution in [1.82, 2.24) is 19.4 Å². The van der Waals surface area contributed by atoms with Gasteiger partial charge in [0.15, 0.2) is 0 Å². The van der Waals surface area contributed by atoms with Crippen molar-refractivity contribution in [2.45, 2.75) is 45.6 Å². The van der Waals surface area contributed by atoms with Crippen molar-refractivity contribution < 1.29 is 4.79 Å². The van der Waals surface area contributed by atoms with Crippen molar-refractivity contribution in [3.8, 4) is 0 Å². The second-order valence-electron chi connectivity index (χ2n) is 8.08. The summed E-state index contributed by atoms with van der Waals surface area (Å²) in [5.41, 5.74) is -0.0243. The van der Waals surface area contributed by atoms with Crippen LogP contribution in [0.15, 0.2) is 15.8 Å². The Labute approximate surface area is 154 Å². The number of nitrogens with one attached hydrogen (secondary N) is 1. The third kappa shape index (κ3) is 4.26. The van der Waals surface area contributed by atoms with Gasteiger partial charge in [0.1, 0.15) is 0 Å². The van der Waals surface area contributed by atoms with Crippen LogP contribution in [0.4, 0.5) is 0 Å². The molecule has 2 heterocycles. The number of carbonyl (C=O) groups is 1. The second kappa shape index (κ2) is 7.78. The van der Waals surface area contributed by atoms with Gasteiger partial charge in [-0.05, 0) is 31.1 Å². The monoisotopic (exact) mass is 362 g/mol. The number of rotatable bonds is 6. The molecule has 1 aromatic heterocycles. The molecule has 2 fully saturated rings. The van der Waals surface area contributed by atoms with E-state index in [1.807, 2.05) is 0 Å². The highest BCUT2D eigenvalue weighted by atomic mass is 16.2. The van der Waals surface area contributed by atoms with Crippen molar-refractivity contribution >= 4 is 5.91 Å². The van der Waals surface area contributed by atoms with Gasteiger partial charge >= 0.3 is 5.69 Å². The number of amides is 1. The summed E-state index contributed by atoms with van der Waals surface area (Å²) < 4.78 is 1.11. The Hall–Kier alpha value is -1.89. The first kappa shape index (κ1) is 18.9. The molecular formula is C19H30N4O3. The van der Waals surface area contributed by atoms with E-state index in [0.29, 0.717) is 30.2 Å². The lowest BCUT2D eigenvalue weighted by molar-refractivity contribution is -0.133. The average Bonchev–Trinajstić information content (AvgIpc) is 3.43.